The van der Waals surface area contributed by atoms with Crippen LogP contribution >= 0.6 is 0 Å². The van der Waals surface area contributed by atoms with Gasteiger partial charge < -0.3 is 0 Å². The van der Waals surface area contributed by atoms with Gasteiger partial charge in [0.2, 0.25) is 0 Å². The minimum Gasteiger partial charge on any atom is -0.0991 e. The van der Waals surface area contributed by atoms with Crippen LogP contribution in [0.25, 0.3) is 29.0 Å². The van der Waals surface area contributed by atoms with Crippen LogP contribution < -0.4 is 0 Å². The van der Waals surface area contributed by atoms with E-state index in [-0.39, 0.29) is 0 Å². The maximum Gasteiger partial charge on any atom is -0.0102 e. The molecule has 0 N–H and O–H groups in total. The maximum absolute atomic E-state index is 4.02. The Balaban J connectivity index is 0.00000127. The molecule has 0 radical (unpaired) electrons. The lowest BCUT2D eigenvalue weighted by molar-refractivity contribution is 1.15. The number of allylic oxidation sites excluding steroid dienone is 3. The van der Waals surface area contributed by atoms with E-state index in [2.05, 4.69) is 69.5 Å². The van der Waals surface area contributed by atoms with Gasteiger partial charge in [-0.15, -0.1) is 0 Å². The van der Waals surface area contributed by atoms with Crippen LogP contribution in [0, 0.1) is 0 Å². The molecule has 120 valence electrons. The molecule has 0 aliphatic rings. The SMILES string of the molecule is C=C/C=C\c1c(/C=C\C)c(C=C)c2ccccc2c1CC.CC. The van der Waals surface area contributed by atoms with Crippen molar-refractivity contribution in [3.63, 3.8) is 0 Å². The van der Waals surface area contributed by atoms with Gasteiger partial charge in [-0.3, -0.25) is 0 Å². The third-order valence-corrected chi connectivity index (χ3v) is 3.74. The van der Waals surface area contributed by atoms with Crippen molar-refractivity contribution in [2.45, 2.75) is 34.1 Å². The molecule has 0 saturated heterocycles. The van der Waals surface area contributed by atoms with Gasteiger partial charge >= 0.3 is 0 Å². The highest BCUT2D eigenvalue weighted by atomic mass is 14.2. The van der Waals surface area contributed by atoms with E-state index in [4.69, 9.17) is 0 Å². The molecule has 0 saturated carbocycles. The Kier molecular flexibility index (Phi) is 7.83. The predicted octanol–water partition coefficient (Wildman–Crippen LogP) is 7.30. The molecule has 2 aromatic rings. The molecule has 0 amide bonds. The molecular weight excluding hydrogens is 276 g/mol. The molecule has 0 heteroatoms. The molecule has 2 rings (SSSR count). The van der Waals surface area contributed by atoms with E-state index in [9.17, 15) is 0 Å². The Morgan fingerprint density at radius 1 is 0.913 bits per heavy atom. The third-order valence-electron chi connectivity index (χ3n) is 3.74. The topological polar surface area (TPSA) is 0 Å². The van der Waals surface area contributed by atoms with Crippen molar-refractivity contribution in [3.05, 3.63) is 77.9 Å². The summed E-state index contributed by atoms with van der Waals surface area (Å²) in [5.74, 6) is 0. The summed E-state index contributed by atoms with van der Waals surface area (Å²) in [4.78, 5) is 0. The van der Waals surface area contributed by atoms with Crippen LogP contribution in [0.2, 0.25) is 0 Å². The molecule has 0 bridgehead atoms. The molecular formula is C23H28. The van der Waals surface area contributed by atoms with E-state index in [1.54, 1.807) is 0 Å². The van der Waals surface area contributed by atoms with Crippen molar-refractivity contribution in [1.82, 2.24) is 0 Å². The molecule has 0 unspecified atom stereocenters. The van der Waals surface area contributed by atoms with Crippen molar-refractivity contribution in [2.75, 3.05) is 0 Å². The van der Waals surface area contributed by atoms with Crippen LogP contribution in [0.3, 0.4) is 0 Å². The van der Waals surface area contributed by atoms with Gasteiger partial charge in [0.15, 0.2) is 0 Å². The number of hydrogen-bond donors (Lipinski definition) is 0. The summed E-state index contributed by atoms with van der Waals surface area (Å²) < 4.78 is 0. The smallest absolute Gasteiger partial charge is 0.0102 e. The van der Waals surface area contributed by atoms with Crippen molar-refractivity contribution < 1.29 is 0 Å². The number of hydrogen-bond acceptors (Lipinski definition) is 0. The molecule has 23 heavy (non-hydrogen) atoms. The van der Waals surface area contributed by atoms with E-state index in [0.717, 1.165) is 6.42 Å². The van der Waals surface area contributed by atoms with Crippen molar-refractivity contribution in [2.24, 2.45) is 0 Å². The minimum absolute atomic E-state index is 0.999. The Morgan fingerprint density at radius 3 is 2.09 bits per heavy atom. The fourth-order valence-electron chi connectivity index (χ4n) is 2.88. The highest BCUT2D eigenvalue weighted by Crippen LogP contribution is 2.33. The summed E-state index contributed by atoms with van der Waals surface area (Å²) in [6.07, 6.45) is 13.2. The Bertz CT molecular complexity index is 727. The van der Waals surface area contributed by atoms with Gasteiger partial charge in [-0.05, 0) is 46.4 Å². The first-order valence-corrected chi connectivity index (χ1v) is 8.40. The molecule has 0 fully saturated rings. The molecule has 0 aliphatic heterocycles. The second-order valence-corrected chi connectivity index (χ2v) is 4.92. The minimum atomic E-state index is 0.999. The van der Waals surface area contributed by atoms with Crippen molar-refractivity contribution in [3.8, 4) is 0 Å². The molecule has 0 spiro atoms. The first kappa shape index (κ1) is 18.7. The zero-order valence-electron chi connectivity index (χ0n) is 14.9. The highest BCUT2D eigenvalue weighted by molar-refractivity contribution is 5.99. The fraction of sp³-hybridized carbons (Fsp3) is 0.217. The third kappa shape index (κ3) is 3.90. The van der Waals surface area contributed by atoms with E-state index in [0.29, 0.717) is 0 Å². The van der Waals surface area contributed by atoms with Gasteiger partial charge in [0.1, 0.15) is 0 Å². The lowest BCUT2D eigenvalue weighted by atomic mass is 9.87. The van der Waals surface area contributed by atoms with Crippen LogP contribution in [0.4, 0.5) is 0 Å². The summed E-state index contributed by atoms with van der Waals surface area (Å²) >= 11 is 0. The molecule has 0 atom stereocenters. The molecule has 0 aliphatic carbocycles. The predicted molar refractivity (Wildman–Crippen MR) is 109 cm³/mol. The first-order valence-electron chi connectivity index (χ1n) is 8.40. The summed E-state index contributed by atoms with van der Waals surface area (Å²) in [5.41, 5.74) is 5.08. The maximum atomic E-state index is 4.02. The van der Waals surface area contributed by atoms with E-state index in [1.165, 1.54) is 33.0 Å². The largest absolute Gasteiger partial charge is 0.0991 e. The molecule has 0 heterocycles. The average molecular weight is 304 g/mol. The first-order chi connectivity index (χ1) is 11.3. The van der Waals surface area contributed by atoms with Crippen molar-refractivity contribution >= 4 is 29.0 Å². The quantitative estimate of drug-likeness (QED) is 0.508. The highest BCUT2D eigenvalue weighted by Gasteiger charge is 2.13. The second-order valence-electron chi connectivity index (χ2n) is 4.92. The van der Waals surface area contributed by atoms with E-state index >= 15 is 0 Å². The zero-order chi connectivity index (χ0) is 17.2. The second kappa shape index (κ2) is 9.63. The lowest BCUT2D eigenvalue weighted by Crippen LogP contribution is -1.97. The monoisotopic (exact) mass is 304 g/mol. The van der Waals surface area contributed by atoms with Gasteiger partial charge in [-0.25, -0.2) is 0 Å². The molecule has 2 aromatic carbocycles. The number of benzene rings is 2. The fourth-order valence-corrected chi connectivity index (χ4v) is 2.88. The van der Waals surface area contributed by atoms with Gasteiger partial charge in [0, 0.05) is 0 Å². The number of fused-ring (bicyclic) bond motifs is 1. The number of rotatable bonds is 5. The van der Waals surface area contributed by atoms with Gasteiger partial charge in [-0.1, -0.05) is 94.7 Å². The normalized spacial score (nSPS) is 10.8. The standard InChI is InChI=1S/C21H22.C2H6/c1-5-9-13-19-17(8-4)21-15-11-10-14-20(21)16(7-3)18(19)12-6-2;1-2/h5-7,9-15H,1,3,8H2,2,4H3;1-2H3/b12-6-,13-9-;. The van der Waals surface area contributed by atoms with Crippen molar-refractivity contribution in [1.29, 1.82) is 0 Å². The van der Waals surface area contributed by atoms with E-state index < -0.39 is 0 Å². The summed E-state index contributed by atoms with van der Waals surface area (Å²) in [6, 6.07) is 8.57. The average Bonchev–Trinajstić information content (AvgIpc) is 2.61. The summed E-state index contributed by atoms with van der Waals surface area (Å²) in [7, 11) is 0. The van der Waals surface area contributed by atoms with Crippen LogP contribution in [0.1, 0.15) is 49.9 Å². The van der Waals surface area contributed by atoms with E-state index in [1.807, 2.05) is 32.1 Å². The summed E-state index contributed by atoms with van der Waals surface area (Å²) in [5, 5.41) is 2.58. The Hall–Kier alpha value is -2.34. The van der Waals surface area contributed by atoms with Crippen LogP contribution in [0.5, 0.6) is 0 Å². The lowest BCUT2D eigenvalue weighted by Gasteiger charge is -2.17. The van der Waals surface area contributed by atoms with Crippen LogP contribution in [-0.4, -0.2) is 0 Å². The zero-order valence-corrected chi connectivity index (χ0v) is 14.9. The summed E-state index contributed by atoms with van der Waals surface area (Å²) in [6.45, 7) is 16.1. The Labute approximate surface area is 141 Å². The van der Waals surface area contributed by atoms with Gasteiger partial charge in [0.25, 0.3) is 0 Å². The molecule has 0 nitrogen and oxygen atoms in total. The Morgan fingerprint density at radius 2 is 1.57 bits per heavy atom. The van der Waals surface area contributed by atoms with Crippen LogP contribution in [0.15, 0.2) is 55.7 Å². The number of aryl methyl sites for hydroxylation is 1. The molecule has 0 aromatic heterocycles. The van der Waals surface area contributed by atoms with Crippen LogP contribution in [-0.2, 0) is 6.42 Å². The van der Waals surface area contributed by atoms with Gasteiger partial charge in [-0.2, -0.15) is 0 Å². The van der Waals surface area contributed by atoms with Gasteiger partial charge in [0.05, 0.1) is 0 Å².